The number of amides is 6. The summed E-state index contributed by atoms with van der Waals surface area (Å²) in [6, 6.07) is 13.3. The number of ether oxygens (including phenoxy) is 2. The molecule has 5 aliphatic rings. The Morgan fingerprint density at radius 3 is 1.32 bits per heavy atom. The zero-order valence-electron chi connectivity index (χ0n) is 41.8. The number of benzene rings is 2. The van der Waals surface area contributed by atoms with E-state index in [-0.39, 0.29) is 65.6 Å². The molecule has 4 heterocycles. The Balaban J connectivity index is 0.000000352. The maximum atomic E-state index is 13.0. The fourth-order valence-electron chi connectivity index (χ4n) is 10.0. The van der Waals surface area contributed by atoms with Crippen LogP contribution < -0.4 is 27.4 Å². The second kappa shape index (κ2) is 28.0. The maximum absolute atomic E-state index is 13.0. The van der Waals surface area contributed by atoms with Crippen LogP contribution >= 0.6 is 0 Å². The van der Waals surface area contributed by atoms with Gasteiger partial charge in [0.05, 0.1) is 0 Å². The van der Waals surface area contributed by atoms with Gasteiger partial charge in [-0.3, -0.25) is 25.2 Å². The summed E-state index contributed by atoms with van der Waals surface area (Å²) in [6.07, 6.45) is 11.0. The van der Waals surface area contributed by atoms with Gasteiger partial charge in [-0.2, -0.15) is 0 Å². The molecular weight excluding hydrogens is 923 g/mol. The minimum absolute atomic E-state index is 0.0399. The van der Waals surface area contributed by atoms with Crippen LogP contribution in [0, 0.1) is 28.6 Å². The molecule has 4 aliphatic heterocycles. The molecule has 1 saturated carbocycles. The predicted molar refractivity (Wildman–Crippen MR) is 272 cm³/mol. The van der Waals surface area contributed by atoms with E-state index in [1.165, 1.54) is 17.7 Å². The predicted octanol–water partition coefficient (Wildman–Crippen LogP) is 5.18. The van der Waals surface area contributed by atoms with Crippen LogP contribution in [0.3, 0.4) is 0 Å². The first-order valence-corrected chi connectivity index (χ1v) is 26.0. The smallest absolute Gasteiger partial charge is 0.410 e. The number of hydrogen-bond donors (Lipinski definition) is 8. The number of likely N-dealkylation sites (tertiary alicyclic amines) is 2. The summed E-state index contributed by atoms with van der Waals surface area (Å²) < 4.78 is 11.8. The third-order valence-electron chi connectivity index (χ3n) is 14.8. The van der Waals surface area contributed by atoms with Gasteiger partial charge >= 0.3 is 18.3 Å². The van der Waals surface area contributed by atoms with Crippen LogP contribution in [-0.2, 0) is 14.3 Å². The fourth-order valence-corrected chi connectivity index (χ4v) is 10.0. The quantitative estimate of drug-likeness (QED) is 0.0898. The van der Waals surface area contributed by atoms with Crippen molar-refractivity contribution in [2.75, 3.05) is 78.5 Å². The van der Waals surface area contributed by atoms with Crippen LogP contribution in [0.25, 0.3) is 0 Å². The highest BCUT2D eigenvalue weighted by Gasteiger charge is 2.30. The molecule has 0 aromatic heterocycles. The highest BCUT2D eigenvalue weighted by atomic mass is 16.6. The highest BCUT2D eigenvalue weighted by Crippen LogP contribution is 2.26. The number of piperidine rings is 3. The Morgan fingerprint density at radius 2 is 0.931 bits per heavy atom. The van der Waals surface area contributed by atoms with Gasteiger partial charge in [0.1, 0.15) is 23.9 Å². The lowest BCUT2D eigenvalue weighted by Crippen LogP contribution is -2.50. The zero-order valence-corrected chi connectivity index (χ0v) is 41.8. The third-order valence-corrected chi connectivity index (χ3v) is 14.8. The SMILES string of the molecule is N=C(N)c1ccc(C(=O)NCC2CCN(C(=O)O[C@H]3CCC[C@@H](OC(=O)N4CCC(CNC(=O)c5ccc(C(=N)N)cc5)CC4)CCC3)CC2)cc1.O=C(O)N1CCN(C(=O)CCCC2CCNCC2)CC1. The third kappa shape index (κ3) is 17.4. The first kappa shape index (κ1) is 54.9. The molecule has 2 aromatic rings. The van der Waals surface area contributed by atoms with Crippen molar-refractivity contribution in [1.29, 1.82) is 10.8 Å². The van der Waals surface area contributed by atoms with Crippen molar-refractivity contribution < 1.29 is 43.3 Å². The number of piperazine rings is 1. The van der Waals surface area contributed by atoms with Gasteiger partial charge in [-0.15, -0.1) is 0 Å². The molecule has 2 aromatic carbocycles. The number of hydrogen-bond acceptors (Lipinski definition) is 11. The number of nitrogens with one attached hydrogen (secondary N) is 5. The summed E-state index contributed by atoms with van der Waals surface area (Å²) in [4.78, 5) is 80.6. The Bertz CT molecular complexity index is 2000. The van der Waals surface area contributed by atoms with E-state index in [0.717, 1.165) is 96.1 Å². The number of carboxylic acid groups (broad SMARTS) is 1. The van der Waals surface area contributed by atoms with Crippen molar-refractivity contribution in [2.45, 2.75) is 109 Å². The van der Waals surface area contributed by atoms with E-state index in [9.17, 15) is 28.8 Å². The standard InChI is InChI=1S/C38H52N8O6.C14H25N3O3/c39-33(40)27-7-11-29(12-8-27)35(47)43-23-25-15-19-45(20-16-25)37(49)51-31-3-1-4-32(6-2-5-31)52-38(50)46-21-17-26(18-22-46)24-44-36(48)30-13-9-28(10-14-30)34(41)42;18-13(3-1-2-12-4-6-15-7-5-12)16-8-10-17(11-9-16)14(19)20/h7-14,25-26,31-32H,1-6,15-24H2,(H3,39,40)(H3,41,42)(H,43,47)(H,44,48);12,15H,1-11H2,(H,19,20)/t31-,32+;. The number of carbonyl (C=O) groups excluding carboxylic acids is 5. The van der Waals surface area contributed by atoms with E-state index in [1.807, 2.05) is 4.90 Å². The van der Waals surface area contributed by atoms with E-state index in [4.69, 9.17) is 36.9 Å². The Labute approximate surface area is 423 Å². The lowest BCUT2D eigenvalue weighted by molar-refractivity contribution is -0.132. The van der Waals surface area contributed by atoms with Crippen molar-refractivity contribution in [1.82, 2.24) is 35.6 Å². The van der Waals surface area contributed by atoms with Crippen molar-refractivity contribution in [3.05, 3.63) is 70.8 Å². The normalized spacial score (nSPS) is 20.4. The Hall–Kier alpha value is -6.44. The minimum Gasteiger partial charge on any atom is -0.465 e. The zero-order chi connectivity index (χ0) is 51.4. The number of carbonyl (C=O) groups is 6. The monoisotopic (exact) mass is 1000 g/mol. The van der Waals surface area contributed by atoms with Crippen LogP contribution in [-0.4, -0.2) is 163 Å². The van der Waals surface area contributed by atoms with Gasteiger partial charge in [0.15, 0.2) is 0 Å². The van der Waals surface area contributed by atoms with Crippen LogP contribution in [0.4, 0.5) is 14.4 Å². The molecule has 20 heteroatoms. The average molecular weight is 1000 g/mol. The topological polar surface area (TPSA) is 290 Å². The van der Waals surface area contributed by atoms with Gasteiger partial charge in [0.25, 0.3) is 11.8 Å². The van der Waals surface area contributed by atoms with Crippen LogP contribution in [0.1, 0.15) is 128 Å². The van der Waals surface area contributed by atoms with Crippen molar-refractivity contribution in [2.24, 2.45) is 29.2 Å². The van der Waals surface area contributed by atoms with E-state index in [1.54, 1.807) is 58.3 Å². The lowest BCUT2D eigenvalue weighted by atomic mass is 9.92. The molecule has 5 fully saturated rings. The molecule has 7 rings (SSSR count). The molecule has 10 N–H and O–H groups in total. The summed E-state index contributed by atoms with van der Waals surface area (Å²) in [6.45, 7) is 7.57. The molecule has 0 unspecified atom stereocenters. The van der Waals surface area contributed by atoms with E-state index < -0.39 is 6.09 Å². The lowest BCUT2D eigenvalue weighted by Gasteiger charge is -2.34. The summed E-state index contributed by atoms with van der Waals surface area (Å²) >= 11 is 0. The first-order valence-electron chi connectivity index (χ1n) is 26.0. The molecule has 6 amide bonds. The number of nitrogens with two attached hydrogens (primary N) is 2. The number of amidine groups is 2. The minimum atomic E-state index is -0.886. The van der Waals surface area contributed by atoms with Crippen LogP contribution in [0.2, 0.25) is 0 Å². The molecule has 0 bridgehead atoms. The van der Waals surface area contributed by atoms with E-state index >= 15 is 0 Å². The molecule has 0 spiro atoms. The van der Waals surface area contributed by atoms with Gasteiger partial charge in [-0.1, -0.05) is 24.3 Å². The average Bonchev–Trinajstić information content (AvgIpc) is 3.39. The van der Waals surface area contributed by atoms with Crippen molar-refractivity contribution >= 4 is 47.7 Å². The molecule has 4 saturated heterocycles. The van der Waals surface area contributed by atoms with Gasteiger partial charge in [-0.05, 0) is 145 Å². The summed E-state index contributed by atoms with van der Waals surface area (Å²) in [5, 5.41) is 33.1. The van der Waals surface area contributed by atoms with Gasteiger partial charge in [0, 0.05) is 94.1 Å². The largest absolute Gasteiger partial charge is 0.465 e. The molecule has 0 atom stereocenters. The number of nitrogens with zero attached hydrogens (tertiary/aromatic N) is 4. The van der Waals surface area contributed by atoms with Gasteiger partial charge < -0.3 is 61.6 Å². The van der Waals surface area contributed by atoms with Crippen molar-refractivity contribution in [3.63, 3.8) is 0 Å². The second-order valence-corrected chi connectivity index (χ2v) is 19.9. The van der Waals surface area contributed by atoms with Crippen LogP contribution in [0.15, 0.2) is 48.5 Å². The van der Waals surface area contributed by atoms with Gasteiger partial charge in [-0.25, -0.2) is 14.4 Å². The molecule has 394 valence electrons. The van der Waals surface area contributed by atoms with E-state index in [2.05, 4.69) is 16.0 Å². The second-order valence-electron chi connectivity index (χ2n) is 19.9. The number of rotatable bonds is 14. The number of nitrogen functional groups attached to an aromatic ring is 2. The summed E-state index contributed by atoms with van der Waals surface area (Å²) in [5.74, 6) is 1.08. The molecular formula is C52H77N11O9. The Kier molecular flexibility index (Phi) is 21.3. The maximum Gasteiger partial charge on any atom is 0.410 e. The van der Waals surface area contributed by atoms with Crippen LogP contribution in [0.5, 0.6) is 0 Å². The molecule has 0 radical (unpaired) electrons. The summed E-state index contributed by atoms with van der Waals surface area (Å²) in [7, 11) is 0. The van der Waals surface area contributed by atoms with Gasteiger partial charge in [0.2, 0.25) is 5.91 Å². The molecule has 72 heavy (non-hydrogen) atoms. The summed E-state index contributed by atoms with van der Waals surface area (Å²) in [5.41, 5.74) is 13.1. The highest BCUT2D eigenvalue weighted by molar-refractivity contribution is 5.99. The first-order chi connectivity index (χ1) is 34.7. The fraction of sp³-hybridized carbons (Fsp3) is 0.615. The molecule has 1 aliphatic carbocycles. The Morgan fingerprint density at radius 1 is 0.542 bits per heavy atom. The van der Waals surface area contributed by atoms with Crippen molar-refractivity contribution in [3.8, 4) is 0 Å². The van der Waals surface area contributed by atoms with E-state index in [0.29, 0.717) is 94.1 Å². The molecule has 20 nitrogen and oxygen atoms in total.